The summed E-state index contributed by atoms with van der Waals surface area (Å²) in [6.07, 6.45) is 1.44. The summed E-state index contributed by atoms with van der Waals surface area (Å²) in [5, 5.41) is 20.2. The van der Waals surface area contributed by atoms with Gasteiger partial charge in [-0.1, -0.05) is 29.8 Å². The summed E-state index contributed by atoms with van der Waals surface area (Å²) in [4.78, 5) is 20.4. The third-order valence-corrected chi connectivity index (χ3v) is 6.35. The maximum absolute atomic E-state index is 13.4. The van der Waals surface area contributed by atoms with Crippen molar-refractivity contribution in [1.29, 1.82) is 0 Å². The first-order valence-corrected chi connectivity index (χ1v) is 10.9. The van der Waals surface area contributed by atoms with Crippen molar-refractivity contribution in [3.63, 3.8) is 0 Å². The average molecular weight is 454 g/mol. The Hall–Kier alpha value is -2.09. The maximum atomic E-state index is 13.4. The van der Waals surface area contributed by atoms with Crippen LogP contribution in [0.3, 0.4) is 0 Å². The van der Waals surface area contributed by atoms with Crippen molar-refractivity contribution in [2.45, 2.75) is 42.8 Å². The minimum atomic E-state index is -1.08. The molecule has 0 saturated heterocycles. The number of aliphatic carboxylic acids is 2. The molecule has 2 aromatic rings. The summed E-state index contributed by atoms with van der Waals surface area (Å²) in [6.45, 7) is 4.09. The van der Waals surface area contributed by atoms with Gasteiger partial charge in [0, 0.05) is 10.1 Å². The predicted molar refractivity (Wildman–Crippen MR) is 117 cm³/mol. The van der Waals surface area contributed by atoms with Crippen LogP contribution in [0, 0.1) is 5.82 Å². The van der Waals surface area contributed by atoms with E-state index in [0.717, 1.165) is 41.4 Å². The fraction of sp³-hybridized carbons (Fsp3) is 0.364. The molecule has 1 aliphatic heterocycles. The van der Waals surface area contributed by atoms with E-state index in [4.69, 9.17) is 21.8 Å². The Morgan fingerprint density at radius 1 is 1.13 bits per heavy atom. The third kappa shape index (κ3) is 7.63. The topological polar surface area (TPSA) is 86.6 Å². The van der Waals surface area contributed by atoms with Crippen LogP contribution in [0.15, 0.2) is 41.3 Å². The zero-order chi connectivity index (χ0) is 22.1. The Kier molecular flexibility index (Phi) is 9.62. The van der Waals surface area contributed by atoms with Crippen LogP contribution >= 0.6 is 23.4 Å². The van der Waals surface area contributed by atoms with Crippen LogP contribution in [0.1, 0.15) is 41.7 Å². The smallest absolute Gasteiger partial charge is 0.303 e. The maximum Gasteiger partial charge on any atom is 0.303 e. The highest BCUT2D eigenvalue weighted by Crippen LogP contribution is 2.42. The van der Waals surface area contributed by atoms with Crippen LogP contribution in [0.2, 0.25) is 5.02 Å². The summed E-state index contributed by atoms with van der Waals surface area (Å²) < 4.78 is 13.4. The summed E-state index contributed by atoms with van der Waals surface area (Å²) in [5.74, 6) is -2.34. The van der Waals surface area contributed by atoms with E-state index >= 15 is 0 Å². The monoisotopic (exact) mass is 453 g/mol. The highest BCUT2D eigenvalue weighted by Gasteiger charge is 2.18. The molecule has 1 aliphatic rings. The van der Waals surface area contributed by atoms with Crippen molar-refractivity contribution < 1.29 is 24.2 Å². The molecule has 0 spiro atoms. The summed E-state index contributed by atoms with van der Waals surface area (Å²) >= 11 is 8.19. The van der Waals surface area contributed by atoms with Gasteiger partial charge in [0.2, 0.25) is 0 Å². The number of rotatable bonds is 6. The Morgan fingerprint density at radius 3 is 2.43 bits per heavy atom. The van der Waals surface area contributed by atoms with Crippen LogP contribution in [0.5, 0.6) is 0 Å². The molecule has 0 radical (unpaired) electrons. The van der Waals surface area contributed by atoms with E-state index in [1.807, 2.05) is 12.1 Å². The zero-order valence-corrected chi connectivity index (χ0v) is 18.2. The van der Waals surface area contributed by atoms with Crippen molar-refractivity contribution in [2.75, 3.05) is 13.1 Å². The first-order chi connectivity index (χ1) is 14.3. The number of thioether (sulfide) groups is 1. The Bertz CT molecular complexity index is 879. The second-order valence-electron chi connectivity index (χ2n) is 6.87. The zero-order valence-electron chi connectivity index (χ0n) is 16.7. The second-order valence-corrected chi connectivity index (χ2v) is 8.63. The highest BCUT2D eigenvalue weighted by atomic mass is 35.5. The lowest BCUT2D eigenvalue weighted by Crippen LogP contribution is -2.16. The fourth-order valence-electron chi connectivity index (χ4n) is 3.06. The number of fused-ring (bicyclic) bond motifs is 1. The minimum Gasteiger partial charge on any atom is -0.481 e. The lowest BCUT2D eigenvalue weighted by Gasteiger charge is -2.18. The van der Waals surface area contributed by atoms with Gasteiger partial charge in [0.25, 0.3) is 0 Å². The number of hydrogen-bond donors (Lipinski definition) is 3. The molecule has 1 unspecified atom stereocenters. The molecule has 5 nitrogen and oxygen atoms in total. The van der Waals surface area contributed by atoms with E-state index < -0.39 is 11.9 Å². The standard InChI is InChI=1S/C18H19ClFNS.C4H6O4/c1-12(14-3-2-4-15(20)11-14)22-18-16-8-10-21-9-7-13(16)5-6-17(18)19;5-3(6)1-2-4(7)8/h2-6,11-12,21H,7-10H2,1H3;1-2H2,(H,5,6)(H,7,8). The van der Waals surface area contributed by atoms with E-state index in [9.17, 15) is 14.0 Å². The molecule has 3 N–H and O–H groups in total. The van der Waals surface area contributed by atoms with Gasteiger partial charge in [0.1, 0.15) is 5.82 Å². The van der Waals surface area contributed by atoms with E-state index in [2.05, 4.69) is 18.3 Å². The lowest BCUT2D eigenvalue weighted by atomic mass is 10.0. The first kappa shape index (κ1) is 24.2. The molecule has 2 aromatic carbocycles. The molecule has 1 atom stereocenters. The van der Waals surface area contributed by atoms with Crippen LogP contribution in [-0.4, -0.2) is 35.2 Å². The number of halogens is 2. The van der Waals surface area contributed by atoms with Crippen molar-refractivity contribution in [3.8, 4) is 0 Å². The van der Waals surface area contributed by atoms with Crippen molar-refractivity contribution >= 4 is 35.3 Å². The molecule has 0 fully saturated rings. The minimum absolute atomic E-state index is 0.163. The number of carboxylic acids is 2. The van der Waals surface area contributed by atoms with E-state index in [0.29, 0.717) is 0 Å². The molecule has 0 saturated carbocycles. The van der Waals surface area contributed by atoms with Crippen LogP contribution < -0.4 is 5.32 Å². The first-order valence-electron chi connectivity index (χ1n) is 9.64. The van der Waals surface area contributed by atoms with E-state index in [-0.39, 0.29) is 23.9 Å². The molecule has 1 heterocycles. The quantitative estimate of drug-likeness (QED) is 0.536. The van der Waals surface area contributed by atoms with Gasteiger partial charge in [-0.2, -0.15) is 0 Å². The Morgan fingerprint density at radius 2 is 1.80 bits per heavy atom. The Balaban J connectivity index is 0.000000343. The van der Waals surface area contributed by atoms with Crippen molar-refractivity contribution in [2.24, 2.45) is 0 Å². The van der Waals surface area contributed by atoms with Crippen LogP contribution in [0.25, 0.3) is 0 Å². The third-order valence-electron chi connectivity index (χ3n) is 4.60. The predicted octanol–water partition coefficient (Wildman–Crippen LogP) is 4.96. The fourth-order valence-corrected chi connectivity index (χ4v) is 4.56. The molecule has 162 valence electrons. The van der Waals surface area contributed by atoms with Gasteiger partial charge in [-0.25, -0.2) is 4.39 Å². The molecular formula is C22H25ClFNO4S. The molecule has 0 aromatic heterocycles. The Labute approximate surface area is 184 Å². The van der Waals surface area contributed by atoms with Gasteiger partial charge in [-0.05, 0) is 67.7 Å². The summed E-state index contributed by atoms with van der Waals surface area (Å²) in [7, 11) is 0. The van der Waals surface area contributed by atoms with Gasteiger partial charge in [-0.15, -0.1) is 11.8 Å². The number of benzene rings is 2. The van der Waals surface area contributed by atoms with Gasteiger partial charge in [0.05, 0.1) is 17.9 Å². The normalized spacial score (nSPS) is 14.0. The second kappa shape index (κ2) is 11.9. The van der Waals surface area contributed by atoms with Crippen LogP contribution in [-0.2, 0) is 22.4 Å². The van der Waals surface area contributed by atoms with Crippen molar-refractivity contribution in [1.82, 2.24) is 5.32 Å². The SMILES string of the molecule is CC(Sc1c(Cl)ccc2c1CCNCC2)c1cccc(F)c1.O=C(O)CCC(=O)O. The lowest BCUT2D eigenvalue weighted by molar-refractivity contribution is -0.143. The highest BCUT2D eigenvalue weighted by molar-refractivity contribution is 7.99. The molecule has 8 heteroatoms. The average Bonchev–Trinajstić information content (AvgIpc) is 2.94. The summed E-state index contributed by atoms with van der Waals surface area (Å²) in [5.41, 5.74) is 3.72. The van der Waals surface area contributed by atoms with Gasteiger partial charge in [0.15, 0.2) is 0 Å². The molecular weight excluding hydrogens is 429 g/mol. The summed E-state index contributed by atoms with van der Waals surface area (Å²) in [6, 6.07) is 11.0. The molecule has 3 rings (SSSR count). The van der Waals surface area contributed by atoms with Gasteiger partial charge >= 0.3 is 11.9 Å². The van der Waals surface area contributed by atoms with Gasteiger partial charge in [-0.3, -0.25) is 9.59 Å². The van der Waals surface area contributed by atoms with Crippen molar-refractivity contribution in [3.05, 3.63) is 63.9 Å². The number of nitrogens with one attached hydrogen (secondary N) is 1. The molecule has 0 aliphatic carbocycles. The van der Waals surface area contributed by atoms with Crippen LogP contribution in [0.4, 0.5) is 4.39 Å². The molecule has 0 amide bonds. The van der Waals surface area contributed by atoms with Gasteiger partial charge < -0.3 is 15.5 Å². The molecule has 0 bridgehead atoms. The molecule has 30 heavy (non-hydrogen) atoms. The number of carboxylic acid groups (broad SMARTS) is 2. The van der Waals surface area contributed by atoms with E-state index in [1.54, 1.807) is 23.9 Å². The number of hydrogen-bond acceptors (Lipinski definition) is 4. The number of carbonyl (C=O) groups is 2. The van der Waals surface area contributed by atoms with E-state index in [1.165, 1.54) is 17.2 Å². The largest absolute Gasteiger partial charge is 0.481 e.